The normalized spacial score (nSPS) is 14.1. The zero-order valence-corrected chi connectivity index (χ0v) is 12.5. The third-order valence-corrected chi connectivity index (χ3v) is 2.57. The number of aliphatic hydroxyl groups excluding tert-OH is 1. The van der Waals surface area contributed by atoms with Gasteiger partial charge in [0.15, 0.2) is 0 Å². The summed E-state index contributed by atoms with van der Waals surface area (Å²) >= 11 is 0. The molecule has 0 aliphatic carbocycles. The lowest BCUT2D eigenvalue weighted by atomic mass is 9.95. The topological polar surface area (TPSA) is 133 Å². The summed E-state index contributed by atoms with van der Waals surface area (Å²) in [6, 6.07) is -1.36. The molecule has 0 heterocycles. The molecule has 21 heavy (non-hydrogen) atoms. The van der Waals surface area contributed by atoms with Gasteiger partial charge in [0.1, 0.15) is 11.6 Å². The van der Waals surface area contributed by atoms with E-state index in [1.807, 2.05) is 0 Å². The van der Waals surface area contributed by atoms with Crippen molar-refractivity contribution >= 4 is 18.0 Å². The van der Waals surface area contributed by atoms with Gasteiger partial charge in [-0.25, -0.2) is 9.59 Å². The molecule has 0 bridgehead atoms. The zero-order valence-electron chi connectivity index (χ0n) is 12.5. The minimum atomic E-state index is -1.36. The molecule has 0 radical (unpaired) electrons. The van der Waals surface area contributed by atoms with Crippen LogP contribution in [0, 0.1) is 5.92 Å². The number of hydrogen-bond acceptors (Lipinski definition) is 5. The van der Waals surface area contributed by atoms with Crippen LogP contribution in [0.5, 0.6) is 0 Å². The number of nitrogens with one attached hydrogen (secondary N) is 1. The van der Waals surface area contributed by atoms with Crippen LogP contribution in [-0.4, -0.2) is 51.6 Å². The van der Waals surface area contributed by atoms with Crippen LogP contribution in [-0.2, 0) is 14.3 Å². The van der Waals surface area contributed by atoms with E-state index in [0.717, 1.165) is 0 Å². The van der Waals surface area contributed by atoms with Crippen LogP contribution in [0.4, 0.5) is 4.79 Å². The van der Waals surface area contributed by atoms with Crippen molar-refractivity contribution in [1.82, 2.24) is 5.32 Å². The molecule has 8 heteroatoms. The largest absolute Gasteiger partial charge is 0.481 e. The Kier molecular flexibility index (Phi) is 7.72. The molecule has 0 unspecified atom stereocenters. The second-order valence-electron chi connectivity index (χ2n) is 5.67. The molecule has 0 saturated carbocycles. The van der Waals surface area contributed by atoms with Crippen molar-refractivity contribution in [3.05, 3.63) is 0 Å². The van der Waals surface area contributed by atoms with Crippen LogP contribution in [0.1, 0.15) is 40.0 Å². The van der Waals surface area contributed by atoms with Gasteiger partial charge in [-0.05, 0) is 40.0 Å². The molecule has 0 aromatic heterocycles. The molecule has 0 aromatic rings. The number of alkyl carbamates (subject to hydrolysis) is 1. The summed E-state index contributed by atoms with van der Waals surface area (Å²) < 4.78 is 4.94. The van der Waals surface area contributed by atoms with E-state index in [-0.39, 0.29) is 25.9 Å². The minimum absolute atomic E-state index is 0.131. The van der Waals surface area contributed by atoms with Gasteiger partial charge in [0.05, 0.1) is 5.92 Å². The summed E-state index contributed by atoms with van der Waals surface area (Å²) in [5, 5.41) is 29.0. The molecule has 0 aromatic carbocycles. The highest BCUT2D eigenvalue weighted by Gasteiger charge is 2.29. The van der Waals surface area contributed by atoms with E-state index >= 15 is 0 Å². The number of carbonyl (C=O) groups is 3. The molecule has 0 rings (SSSR count). The Labute approximate surface area is 123 Å². The predicted molar refractivity (Wildman–Crippen MR) is 72.9 cm³/mol. The predicted octanol–water partition coefficient (Wildman–Crippen LogP) is 0.828. The molecule has 0 aliphatic rings. The van der Waals surface area contributed by atoms with Gasteiger partial charge in [-0.15, -0.1) is 0 Å². The van der Waals surface area contributed by atoms with Gasteiger partial charge in [0, 0.05) is 6.61 Å². The molecule has 8 nitrogen and oxygen atoms in total. The lowest BCUT2D eigenvalue weighted by Gasteiger charge is -2.23. The number of hydrogen-bond donors (Lipinski definition) is 4. The Bertz CT molecular complexity index is 375. The van der Waals surface area contributed by atoms with Crippen molar-refractivity contribution in [2.45, 2.75) is 51.7 Å². The molecule has 122 valence electrons. The number of carbonyl (C=O) groups excluding carboxylic acids is 1. The summed E-state index contributed by atoms with van der Waals surface area (Å²) in [7, 11) is 0. The van der Waals surface area contributed by atoms with Crippen molar-refractivity contribution in [2.24, 2.45) is 5.92 Å². The van der Waals surface area contributed by atoms with E-state index in [1.165, 1.54) is 0 Å². The summed E-state index contributed by atoms with van der Waals surface area (Å²) in [4.78, 5) is 33.7. The summed E-state index contributed by atoms with van der Waals surface area (Å²) in [6.45, 7) is 4.71. The monoisotopic (exact) mass is 305 g/mol. The van der Waals surface area contributed by atoms with Crippen LogP contribution in [0.2, 0.25) is 0 Å². The Morgan fingerprint density at radius 2 is 1.71 bits per heavy atom. The maximum absolute atomic E-state index is 11.6. The molecule has 0 fully saturated rings. The van der Waals surface area contributed by atoms with E-state index in [2.05, 4.69) is 5.32 Å². The molecule has 2 atom stereocenters. The first-order valence-corrected chi connectivity index (χ1v) is 6.62. The second-order valence-corrected chi connectivity index (χ2v) is 5.67. The number of carboxylic acid groups (broad SMARTS) is 2. The van der Waals surface area contributed by atoms with Gasteiger partial charge in [0.25, 0.3) is 0 Å². The summed E-state index contributed by atoms with van der Waals surface area (Å²) in [6.07, 6.45) is -0.813. The molecular weight excluding hydrogens is 282 g/mol. The van der Waals surface area contributed by atoms with Crippen LogP contribution in [0.3, 0.4) is 0 Å². The number of carboxylic acids is 2. The molecule has 0 saturated heterocycles. The van der Waals surface area contributed by atoms with Gasteiger partial charge in [0.2, 0.25) is 0 Å². The number of amides is 1. The van der Waals surface area contributed by atoms with Crippen molar-refractivity contribution < 1.29 is 34.4 Å². The standard InChI is InChI=1S/C13H23NO7/c1-13(2,3)21-12(20)14-9(11(18)19)7-8(10(16)17)5-4-6-15/h8-9,15H,4-7H2,1-3H3,(H,14,20)(H,16,17)(H,18,19)/t8-,9+/m1/s1. The maximum Gasteiger partial charge on any atom is 0.408 e. The van der Waals surface area contributed by atoms with Crippen LogP contribution in [0.25, 0.3) is 0 Å². The van der Waals surface area contributed by atoms with Gasteiger partial charge in [-0.3, -0.25) is 4.79 Å². The number of aliphatic carboxylic acids is 2. The van der Waals surface area contributed by atoms with Crippen LogP contribution in [0.15, 0.2) is 0 Å². The number of aliphatic hydroxyl groups is 1. The van der Waals surface area contributed by atoms with Gasteiger partial charge >= 0.3 is 18.0 Å². The third-order valence-electron chi connectivity index (χ3n) is 2.57. The van der Waals surface area contributed by atoms with Crippen molar-refractivity contribution in [3.63, 3.8) is 0 Å². The molecule has 4 N–H and O–H groups in total. The maximum atomic E-state index is 11.6. The second kappa shape index (κ2) is 8.46. The molecule has 0 aliphatic heterocycles. The first-order valence-electron chi connectivity index (χ1n) is 6.62. The van der Waals surface area contributed by atoms with Crippen molar-refractivity contribution in [3.8, 4) is 0 Å². The smallest absolute Gasteiger partial charge is 0.408 e. The van der Waals surface area contributed by atoms with E-state index < -0.39 is 35.6 Å². The van der Waals surface area contributed by atoms with Gasteiger partial charge in [-0.1, -0.05) is 0 Å². The molecule has 1 amide bonds. The SMILES string of the molecule is CC(C)(C)OC(=O)N[C@@H](C[C@@H](CCCO)C(=O)O)C(=O)O. The Morgan fingerprint density at radius 1 is 1.14 bits per heavy atom. The van der Waals surface area contributed by atoms with E-state index in [4.69, 9.17) is 20.1 Å². The van der Waals surface area contributed by atoms with Crippen molar-refractivity contribution in [2.75, 3.05) is 6.61 Å². The van der Waals surface area contributed by atoms with Gasteiger partial charge < -0.3 is 25.4 Å². The van der Waals surface area contributed by atoms with E-state index in [0.29, 0.717) is 0 Å². The van der Waals surface area contributed by atoms with Gasteiger partial charge in [-0.2, -0.15) is 0 Å². The third kappa shape index (κ3) is 8.85. The first kappa shape index (κ1) is 19.2. The minimum Gasteiger partial charge on any atom is -0.481 e. The fraction of sp³-hybridized carbons (Fsp3) is 0.769. The summed E-state index contributed by atoms with van der Waals surface area (Å²) in [5.74, 6) is -3.47. The Morgan fingerprint density at radius 3 is 2.10 bits per heavy atom. The highest BCUT2D eigenvalue weighted by Crippen LogP contribution is 2.15. The highest BCUT2D eigenvalue weighted by atomic mass is 16.6. The Balaban J connectivity index is 4.70. The lowest BCUT2D eigenvalue weighted by molar-refractivity contribution is -0.144. The lowest BCUT2D eigenvalue weighted by Crippen LogP contribution is -2.45. The fourth-order valence-corrected chi connectivity index (χ4v) is 1.64. The first-order chi connectivity index (χ1) is 9.56. The fourth-order valence-electron chi connectivity index (χ4n) is 1.64. The molecular formula is C13H23NO7. The zero-order chi connectivity index (χ0) is 16.6. The Hall–Kier alpha value is -1.83. The quantitative estimate of drug-likeness (QED) is 0.522. The number of ether oxygens (including phenoxy) is 1. The average Bonchev–Trinajstić information content (AvgIpc) is 2.29. The van der Waals surface area contributed by atoms with E-state index in [1.54, 1.807) is 20.8 Å². The average molecular weight is 305 g/mol. The molecule has 0 spiro atoms. The van der Waals surface area contributed by atoms with E-state index in [9.17, 15) is 14.4 Å². The van der Waals surface area contributed by atoms with Crippen LogP contribution >= 0.6 is 0 Å². The highest BCUT2D eigenvalue weighted by molar-refractivity contribution is 5.81. The van der Waals surface area contributed by atoms with Crippen molar-refractivity contribution in [1.29, 1.82) is 0 Å². The number of rotatable bonds is 8. The summed E-state index contributed by atoms with van der Waals surface area (Å²) in [5.41, 5.74) is -0.782. The van der Waals surface area contributed by atoms with Crippen LogP contribution < -0.4 is 5.32 Å².